The minimum Gasteiger partial charge on any atom is -0.385 e. The molecule has 9 heteroatoms. The Hall–Kier alpha value is -1.55. The monoisotopic (exact) mass is 410 g/mol. The molecule has 3 N–H and O–H groups in total. The lowest BCUT2D eigenvalue weighted by atomic mass is 9.59. The third-order valence-corrected chi connectivity index (χ3v) is 7.27. The Kier molecular flexibility index (Phi) is 4.47. The summed E-state index contributed by atoms with van der Waals surface area (Å²) in [4.78, 5) is 4.95. The Morgan fingerprint density at radius 3 is 2.37 bits per heavy atom. The first-order valence-electron chi connectivity index (χ1n) is 8.66. The van der Waals surface area contributed by atoms with Crippen molar-refractivity contribution >= 4 is 31.9 Å². The van der Waals surface area contributed by atoms with E-state index in [0.29, 0.717) is 10.7 Å². The lowest BCUT2D eigenvalue weighted by Crippen LogP contribution is -2.52. The van der Waals surface area contributed by atoms with E-state index >= 15 is 0 Å². The summed E-state index contributed by atoms with van der Waals surface area (Å²) in [5, 5.41) is 20.6. The molecular formula is C18H26N4O3S2. The summed E-state index contributed by atoms with van der Waals surface area (Å²) in [6.07, 6.45) is 7.46. The molecule has 0 amide bonds. The minimum atomic E-state index is -3.85. The smallest absolute Gasteiger partial charge is 0.267 e. The number of allylic oxidation sites excluding steroid dienone is 2. The highest BCUT2D eigenvalue weighted by atomic mass is 32.2. The number of nitrogens with zero attached hydrogens (tertiary/aromatic N) is 3. The summed E-state index contributed by atoms with van der Waals surface area (Å²) in [7, 11) is -3.85. The number of nitrogens with two attached hydrogens (primary N) is 1. The molecule has 2 heterocycles. The van der Waals surface area contributed by atoms with Crippen LogP contribution in [0.15, 0.2) is 28.8 Å². The van der Waals surface area contributed by atoms with Crippen LogP contribution in [0.1, 0.15) is 47.2 Å². The van der Waals surface area contributed by atoms with E-state index in [1.165, 1.54) is 4.52 Å². The highest BCUT2D eigenvalue weighted by Crippen LogP contribution is 2.49. The van der Waals surface area contributed by atoms with E-state index < -0.39 is 15.6 Å². The van der Waals surface area contributed by atoms with Gasteiger partial charge in [0.15, 0.2) is 0 Å². The molecule has 7 nitrogen and oxygen atoms in total. The molecule has 0 saturated carbocycles. The first kappa shape index (κ1) is 20.2. The van der Waals surface area contributed by atoms with Gasteiger partial charge in [-0.25, -0.2) is 23.1 Å². The van der Waals surface area contributed by atoms with Crippen LogP contribution >= 0.6 is 11.3 Å². The van der Waals surface area contributed by atoms with E-state index in [1.807, 2.05) is 32.9 Å². The van der Waals surface area contributed by atoms with Gasteiger partial charge in [0.1, 0.15) is 0 Å². The number of aliphatic hydroxyl groups is 1. The molecule has 2 unspecified atom stereocenters. The maximum absolute atomic E-state index is 11.4. The van der Waals surface area contributed by atoms with E-state index in [1.54, 1.807) is 6.20 Å². The van der Waals surface area contributed by atoms with Crippen LogP contribution in [0, 0.1) is 16.7 Å². The molecule has 0 radical (unpaired) electrons. The number of sulfonamides is 1. The second-order valence-electron chi connectivity index (χ2n) is 9.14. The van der Waals surface area contributed by atoms with Crippen LogP contribution in [0.4, 0.5) is 0 Å². The lowest BCUT2D eigenvalue weighted by Gasteiger charge is -2.49. The molecule has 27 heavy (non-hydrogen) atoms. The van der Waals surface area contributed by atoms with Crippen molar-refractivity contribution in [3.63, 3.8) is 0 Å². The first-order chi connectivity index (χ1) is 12.1. The van der Waals surface area contributed by atoms with Gasteiger partial charge in [0.2, 0.25) is 9.30 Å². The van der Waals surface area contributed by atoms with Gasteiger partial charge >= 0.3 is 0 Å². The van der Waals surface area contributed by atoms with Crippen molar-refractivity contribution in [2.45, 2.75) is 51.5 Å². The Balaban J connectivity index is 2.06. The summed E-state index contributed by atoms with van der Waals surface area (Å²) >= 11 is 0.927. The molecule has 0 aliphatic heterocycles. The predicted molar refractivity (Wildman–Crippen MR) is 107 cm³/mol. The standard InChI is InChI=1S/C18H26N4O3S2/c1-16(2,3)13-9-11(7-8-18(13,23)17(4,5)6)12-10-22-14(20-12)26-15(21-22)27(19,24)25/h7-10,13,23H,1-6H3,(H2,19,24,25). The fourth-order valence-electron chi connectivity index (χ4n) is 3.42. The molecule has 1 aliphatic carbocycles. The maximum Gasteiger partial charge on any atom is 0.267 e. The highest BCUT2D eigenvalue weighted by Gasteiger charge is 2.49. The van der Waals surface area contributed by atoms with Gasteiger partial charge in [-0.1, -0.05) is 71.1 Å². The average Bonchev–Trinajstić information content (AvgIpc) is 3.03. The molecule has 0 aromatic carbocycles. The fourth-order valence-corrected chi connectivity index (χ4v) is 4.92. The normalized spacial score (nSPS) is 24.4. The van der Waals surface area contributed by atoms with E-state index in [4.69, 9.17) is 5.14 Å². The zero-order chi connectivity index (χ0) is 20.4. The van der Waals surface area contributed by atoms with Crippen molar-refractivity contribution in [1.29, 1.82) is 0 Å². The highest BCUT2D eigenvalue weighted by molar-refractivity contribution is 7.91. The molecular weight excluding hydrogens is 384 g/mol. The molecule has 148 valence electrons. The van der Waals surface area contributed by atoms with Crippen LogP contribution in [0.3, 0.4) is 0 Å². The molecule has 2 atom stereocenters. The fraction of sp³-hybridized carbons (Fsp3) is 0.556. The van der Waals surface area contributed by atoms with Crippen LogP contribution in [0.5, 0.6) is 0 Å². The van der Waals surface area contributed by atoms with Gasteiger partial charge in [-0.3, -0.25) is 0 Å². The summed E-state index contributed by atoms with van der Waals surface area (Å²) in [6.45, 7) is 12.4. The van der Waals surface area contributed by atoms with Crippen molar-refractivity contribution in [3.8, 4) is 0 Å². The summed E-state index contributed by atoms with van der Waals surface area (Å²) in [5.74, 6) is -0.127. The number of rotatable bonds is 2. The second kappa shape index (κ2) is 5.97. The number of imidazole rings is 1. The predicted octanol–water partition coefficient (Wildman–Crippen LogP) is 2.83. The molecule has 0 bridgehead atoms. The quantitative estimate of drug-likeness (QED) is 0.791. The molecule has 2 aromatic heterocycles. The van der Waals surface area contributed by atoms with Gasteiger partial charge in [-0.15, -0.1) is 5.10 Å². The summed E-state index contributed by atoms with van der Waals surface area (Å²) in [5.41, 5.74) is 0.0400. The zero-order valence-corrected chi connectivity index (χ0v) is 18.0. The number of primary sulfonamides is 1. The van der Waals surface area contributed by atoms with Crippen LogP contribution < -0.4 is 5.14 Å². The van der Waals surface area contributed by atoms with E-state index in [9.17, 15) is 13.5 Å². The number of hydrogen-bond acceptors (Lipinski definition) is 6. The van der Waals surface area contributed by atoms with Gasteiger partial charge in [-0.05, 0) is 16.4 Å². The average molecular weight is 411 g/mol. The maximum atomic E-state index is 11.4. The minimum absolute atomic E-state index is 0.127. The summed E-state index contributed by atoms with van der Waals surface area (Å²) in [6, 6.07) is 0. The summed E-state index contributed by atoms with van der Waals surface area (Å²) < 4.78 is 24.1. The Morgan fingerprint density at radius 2 is 1.89 bits per heavy atom. The number of fused-ring (bicyclic) bond motifs is 1. The van der Waals surface area contributed by atoms with Gasteiger partial charge in [-0.2, -0.15) is 0 Å². The molecule has 2 aromatic rings. The van der Waals surface area contributed by atoms with E-state index in [2.05, 4.69) is 36.9 Å². The number of aromatic nitrogens is 3. The Bertz CT molecular complexity index is 1020. The Labute approximate surface area is 163 Å². The van der Waals surface area contributed by atoms with Crippen molar-refractivity contribution in [3.05, 3.63) is 30.1 Å². The van der Waals surface area contributed by atoms with Gasteiger partial charge in [0.25, 0.3) is 10.0 Å². The topological polar surface area (TPSA) is 111 Å². The first-order valence-corrected chi connectivity index (χ1v) is 11.0. The molecule has 1 aliphatic rings. The lowest BCUT2D eigenvalue weighted by molar-refractivity contribution is -0.0796. The van der Waals surface area contributed by atoms with Crippen LogP contribution in [-0.4, -0.2) is 33.7 Å². The zero-order valence-electron chi connectivity index (χ0n) is 16.4. The van der Waals surface area contributed by atoms with Crippen molar-refractivity contribution < 1.29 is 13.5 Å². The van der Waals surface area contributed by atoms with Crippen LogP contribution in [0.25, 0.3) is 10.5 Å². The van der Waals surface area contributed by atoms with Crippen molar-refractivity contribution in [2.75, 3.05) is 0 Å². The third-order valence-electron chi connectivity index (χ3n) is 5.04. The molecule has 0 spiro atoms. The second-order valence-corrected chi connectivity index (χ2v) is 11.8. The largest absolute Gasteiger partial charge is 0.385 e. The molecule has 3 rings (SSSR count). The van der Waals surface area contributed by atoms with Crippen LogP contribution in [0.2, 0.25) is 0 Å². The van der Waals surface area contributed by atoms with Gasteiger partial charge in [0.05, 0.1) is 17.5 Å². The molecule has 0 fully saturated rings. The van der Waals surface area contributed by atoms with E-state index in [-0.39, 0.29) is 21.1 Å². The van der Waals surface area contributed by atoms with Crippen LogP contribution in [-0.2, 0) is 10.0 Å². The van der Waals surface area contributed by atoms with E-state index in [0.717, 1.165) is 16.9 Å². The molecule has 0 saturated heterocycles. The Morgan fingerprint density at radius 1 is 1.26 bits per heavy atom. The van der Waals surface area contributed by atoms with Crippen molar-refractivity contribution in [2.24, 2.45) is 21.9 Å². The third kappa shape index (κ3) is 3.49. The van der Waals surface area contributed by atoms with Gasteiger partial charge < -0.3 is 5.11 Å². The SMILES string of the molecule is CC(C)(C)C1C=C(c2cn3nc(S(N)(=O)=O)sc3n2)C=CC1(O)C(C)(C)C. The number of hydrogen-bond donors (Lipinski definition) is 2. The van der Waals surface area contributed by atoms with Gasteiger partial charge in [0, 0.05) is 5.92 Å². The van der Waals surface area contributed by atoms with Crippen molar-refractivity contribution in [1.82, 2.24) is 14.6 Å².